The average molecular weight is 315 g/mol. The molecule has 0 radical (unpaired) electrons. The maximum Gasteiger partial charge on any atom is 0.337 e. The topological polar surface area (TPSA) is 37.3 Å². The minimum Gasteiger partial charge on any atom is -0.478 e. The molecule has 0 amide bonds. The number of benzene rings is 3. The number of carboxylic acid groups (broad SMARTS) is 1. The second-order valence-corrected chi connectivity index (χ2v) is 6.11. The number of rotatable bonds is 3. The van der Waals surface area contributed by atoms with E-state index in [4.69, 9.17) is 16.7 Å². The molecule has 104 valence electrons. The number of hydrogen-bond acceptors (Lipinski definition) is 2. The first-order chi connectivity index (χ1) is 10.1. The number of fused-ring (bicyclic) bond motifs is 1. The lowest BCUT2D eigenvalue weighted by molar-refractivity contribution is 0.0697. The highest BCUT2D eigenvalue weighted by molar-refractivity contribution is 7.99. The summed E-state index contributed by atoms with van der Waals surface area (Å²) in [5.74, 6) is -1.01. The highest BCUT2D eigenvalue weighted by Crippen LogP contribution is 2.32. The molecule has 21 heavy (non-hydrogen) atoms. The lowest BCUT2D eigenvalue weighted by Crippen LogP contribution is -1.96. The van der Waals surface area contributed by atoms with E-state index in [0.29, 0.717) is 0 Å². The molecule has 0 atom stereocenters. The van der Waals surface area contributed by atoms with Gasteiger partial charge in [0.05, 0.1) is 10.6 Å². The van der Waals surface area contributed by atoms with Gasteiger partial charge in [0.2, 0.25) is 0 Å². The van der Waals surface area contributed by atoms with Crippen molar-refractivity contribution in [3.05, 3.63) is 71.2 Å². The molecule has 3 rings (SSSR count). The Morgan fingerprint density at radius 2 is 1.57 bits per heavy atom. The predicted molar refractivity (Wildman–Crippen MR) is 86.5 cm³/mol. The van der Waals surface area contributed by atoms with Crippen molar-refractivity contribution in [3.8, 4) is 0 Å². The van der Waals surface area contributed by atoms with Crippen molar-refractivity contribution in [2.24, 2.45) is 0 Å². The summed E-state index contributed by atoms with van der Waals surface area (Å²) in [6, 6.07) is 19.4. The number of carboxylic acids is 1. The summed E-state index contributed by atoms with van der Waals surface area (Å²) in [6.07, 6.45) is 0. The third-order valence-corrected chi connectivity index (χ3v) is 4.42. The summed E-state index contributed by atoms with van der Waals surface area (Å²) in [6.45, 7) is 0. The van der Waals surface area contributed by atoms with Crippen LogP contribution in [-0.2, 0) is 0 Å². The van der Waals surface area contributed by atoms with Crippen LogP contribution in [0.1, 0.15) is 10.4 Å². The van der Waals surface area contributed by atoms with Crippen LogP contribution >= 0.6 is 23.4 Å². The number of halogens is 1. The van der Waals surface area contributed by atoms with E-state index in [9.17, 15) is 4.79 Å². The quantitative estimate of drug-likeness (QED) is 0.708. The van der Waals surface area contributed by atoms with Gasteiger partial charge in [-0.25, -0.2) is 4.79 Å². The van der Waals surface area contributed by atoms with Gasteiger partial charge < -0.3 is 5.11 Å². The first-order valence-electron chi connectivity index (χ1n) is 6.33. The zero-order valence-electron chi connectivity index (χ0n) is 10.9. The van der Waals surface area contributed by atoms with Gasteiger partial charge in [-0.05, 0) is 41.1 Å². The molecule has 2 nitrogen and oxygen atoms in total. The van der Waals surface area contributed by atoms with Crippen molar-refractivity contribution >= 4 is 40.1 Å². The van der Waals surface area contributed by atoms with Gasteiger partial charge >= 0.3 is 5.97 Å². The van der Waals surface area contributed by atoms with Gasteiger partial charge in [-0.1, -0.05) is 53.7 Å². The number of hydrogen-bond donors (Lipinski definition) is 1. The van der Waals surface area contributed by atoms with Gasteiger partial charge in [0.25, 0.3) is 0 Å². The normalized spacial score (nSPS) is 10.7. The third kappa shape index (κ3) is 3.04. The molecule has 0 spiro atoms. The first-order valence-corrected chi connectivity index (χ1v) is 7.52. The van der Waals surface area contributed by atoms with Crippen molar-refractivity contribution < 1.29 is 9.90 Å². The zero-order chi connectivity index (χ0) is 14.8. The molecule has 0 unspecified atom stereocenters. The molecule has 1 N–H and O–H groups in total. The molecule has 0 heterocycles. The lowest BCUT2D eigenvalue weighted by atomic mass is 10.1. The fraction of sp³-hybridized carbons (Fsp3) is 0. The first kappa shape index (κ1) is 14.0. The van der Waals surface area contributed by atoms with E-state index >= 15 is 0 Å². The van der Waals surface area contributed by atoms with Gasteiger partial charge in [-0.15, -0.1) is 0 Å². The van der Waals surface area contributed by atoms with E-state index in [1.54, 1.807) is 23.9 Å². The van der Waals surface area contributed by atoms with Crippen molar-refractivity contribution in [1.29, 1.82) is 0 Å². The Bertz CT molecular complexity index is 830. The molecule has 3 aromatic carbocycles. The van der Waals surface area contributed by atoms with Gasteiger partial charge in [0, 0.05) is 9.79 Å². The smallest absolute Gasteiger partial charge is 0.337 e. The van der Waals surface area contributed by atoms with Crippen LogP contribution in [-0.4, -0.2) is 11.1 Å². The third-order valence-electron chi connectivity index (χ3n) is 3.13. The SMILES string of the molecule is O=C(O)c1ccc(Sc2ccc3ccccc3c2)cc1Cl. The van der Waals surface area contributed by atoms with Crippen molar-refractivity contribution in [2.75, 3.05) is 0 Å². The summed E-state index contributed by atoms with van der Waals surface area (Å²) >= 11 is 7.55. The average Bonchev–Trinajstić information content (AvgIpc) is 2.47. The summed E-state index contributed by atoms with van der Waals surface area (Å²) in [4.78, 5) is 13.0. The monoisotopic (exact) mass is 314 g/mol. The zero-order valence-corrected chi connectivity index (χ0v) is 12.5. The van der Waals surface area contributed by atoms with Crippen molar-refractivity contribution in [1.82, 2.24) is 0 Å². The second kappa shape index (κ2) is 5.80. The van der Waals surface area contributed by atoms with Gasteiger partial charge in [-0.3, -0.25) is 0 Å². The van der Waals surface area contributed by atoms with Gasteiger partial charge in [0.1, 0.15) is 0 Å². The molecule has 0 aliphatic carbocycles. The van der Waals surface area contributed by atoms with Crippen LogP contribution in [0.15, 0.2) is 70.5 Å². The highest BCUT2D eigenvalue weighted by atomic mass is 35.5. The van der Waals surface area contributed by atoms with Crippen molar-refractivity contribution in [3.63, 3.8) is 0 Å². The van der Waals surface area contributed by atoms with Crippen LogP contribution in [0, 0.1) is 0 Å². The standard InChI is InChI=1S/C17H11ClO2S/c18-16-10-14(7-8-15(16)17(19)20)21-13-6-5-11-3-1-2-4-12(11)9-13/h1-10H,(H,19,20). The summed E-state index contributed by atoms with van der Waals surface area (Å²) < 4.78 is 0. The molecular weight excluding hydrogens is 304 g/mol. The molecule has 4 heteroatoms. The fourth-order valence-corrected chi connectivity index (χ4v) is 3.33. The maximum atomic E-state index is 10.9. The summed E-state index contributed by atoms with van der Waals surface area (Å²) in [7, 11) is 0. The van der Waals surface area contributed by atoms with E-state index in [-0.39, 0.29) is 10.6 Å². The number of aromatic carboxylic acids is 1. The van der Waals surface area contributed by atoms with E-state index in [1.807, 2.05) is 18.2 Å². The van der Waals surface area contributed by atoms with Gasteiger partial charge in [-0.2, -0.15) is 0 Å². The Kier molecular flexibility index (Phi) is 3.86. The molecule has 0 fully saturated rings. The van der Waals surface area contributed by atoms with Crippen molar-refractivity contribution in [2.45, 2.75) is 9.79 Å². The van der Waals surface area contributed by atoms with Crippen LogP contribution in [0.5, 0.6) is 0 Å². The fourth-order valence-electron chi connectivity index (χ4n) is 2.10. The molecule has 0 aliphatic heterocycles. The van der Waals surface area contributed by atoms with E-state index in [2.05, 4.69) is 24.3 Å². The van der Waals surface area contributed by atoms with Gasteiger partial charge in [0.15, 0.2) is 0 Å². The number of carbonyl (C=O) groups is 1. The van der Waals surface area contributed by atoms with Crippen LogP contribution in [0.3, 0.4) is 0 Å². The van der Waals surface area contributed by atoms with E-state index in [0.717, 1.165) is 9.79 Å². The molecule has 0 bridgehead atoms. The predicted octanol–water partition coefficient (Wildman–Crippen LogP) is 5.34. The minimum absolute atomic E-state index is 0.125. The van der Waals surface area contributed by atoms with E-state index < -0.39 is 5.97 Å². The Morgan fingerprint density at radius 1 is 0.905 bits per heavy atom. The highest BCUT2D eigenvalue weighted by Gasteiger charge is 2.09. The van der Waals surface area contributed by atoms with E-state index in [1.165, 1.54) is 16.8 Å². The molecule has 0 saturated heterocycles. The summed E-state index contributed by atoms with van der Waals surface area (Å²) in [5, 5.41) is 11.6. The van der Waals surface area contributed by atoms with Crippen LogP contribution in [0.25, 0.3) is 10.8 Å². The maximum absolute atomic E-state index is 10.9. The van der Waals surface area contributed by atoms with Crippen LogP contribution in [0.4, 0.5) is 0 Å². The van der Waals surface area contributed by atoms with Crippen LogP contribution in [0.2, 0.25) is 5.02 Å². The molecule has 0 saturated carbocycles. The summed E-state index contributed by atoms with van der Waals surface area (Å²) in [5.41, 5.74) is 0.125. The Balaban J connectivity index is 1.91. The minimum atomic E-state index is -1.01. The lowest BCUT2D eigenvalue weighted by Gasteiger charge is -2.06. The Labute approximate surface area is 131 Å². The van der Waals surface area contributed by atoms with Crippen LogP contribution < -0.4 is 0 Å². The Hall–Kier alpha value is -1.97. The molecular formula is C17H11ClO2S. The second-order valence-electron chi connectivity index (χ2n) is 4.56. The molecule has 0 aromatic heterocycles. The largest absolute Gasteiger partial charge is 0.478 e. The molecule has 0 aliphatic rings. The molecule has 3 aromatic rings. The Morgan fingerprint density at radius 3 is 2.29 bits per heavy atom.